The van der Waals surface area contributed by atoms with Gasteiger partial charge in [0.2, 0.25) is 5.82 Å². The van der Waals surface area contributed by atoms with E-state index in [2.05, 4.69) is 20.1 Å². The van der Waals surface area contributed by atoms with Gasteiger partial charge in [0.15, 0.2) is 0 Å². The molecule has 96 valence electrons. The summed E-state index contributed by atoms with van der Waals surface area (Å²) in [5, 5.41) is 3.90. The van der Waals surface area contributed by atoms with Gasteiger partial charge < -0.3 is 14.8 Å². The van der Waals surface area contributed by atoms with Crippen molar-refractivity contribution >= 4 is 0 Å². The van der Waals surface area contributed by atoms with Gasteiger partial charge in [-0.1, -0.05) is 11.2 Å². The van der Waals surface area contributed by atoms with E-state index in [1.54, 1.807) is 12.5 Å². The van der Waals surface area contributed by atoms with E-state index in [1.165, 1.54) is 0 Å². The summed E-state index contributed by atoms with van der Waals surface area (Å²) in [7, 11) is 0. The molecule has 0 aliphatic carbocycles. The zero-order valence-corrected chi connectivity index (χ0v) is 10.1. The van der Waals surface area contributed by atoms with Crippen molar-refractivity contribution < 1.29 is 4.52 Å². The van der Waals surface area contributed by atoms with Crippen LogP contribution in [0.2, 0.25) is 0 Å². The minimum Gasteiger partial charge on any atom is -0.335 e. The number of nitrogens with two attached hydrogens (primary N) is 1. The fraction of sp³-hybridized carbons (Fsp3) is 0.167. The molecule has 0 aliphatic rings. The molecule has 7 heteroatoms. The molecule has 19 heavy (non-hydrogen) atoms. The Hall–Kier alpha value is -2.54. The van der Waals surface area contributed by atoms with E-state index in [0.29, 0.717) is 36.2 Å². The molecule has 0 fully saturated rings. The zero-order chi connectivity index (χ0) is 13.1. The second kappa shape index (κ2) is 4.99. The molecule has 3 aromatic heterocycles. The molecule has 0 unspecified atom stereocenters. The van der Waals surface area contributed by atoms with E-state index in [1.807, 2.05) is 29.0 Å². The Morgan fingerprint density at radius 3 is 2.95 bits per heavy atom. The van der Waals surface area contributed by atoms with E-state index in [-0.39, 0.29) is 0 Å². The third-order valence-corrected chi connectivity index (χ3v) is 2.56. The number of rotatable bonds is 4. The van der Waals surface area contributed by atoms with Crippen LogP contribution in [0.1, 0.15) is 0 Å². The molecule has 7 nitrogen and oxygen atoms in total. The molecular weight excluding hydrogens is 244 g/mol. The zero-order valence-electron chi connectivity index (χ0n) is 10.1. The average molecular weight is 256 g/mol. The number of imidazole rings is 1. The van der Waals surface area contributed by atoms with Crippen molar-refractivity contribution in [2.75, 3.05) is 6.54 Å². The summed E-state index contributed by atoms with van der Waals surface area (Å²) in [6, 6.07) is 5.52. The highest BCUT2D eigenvalue weighted by molar-refractivity contribution is 5.53. The number of nitrogens with zero attached hydrogens (tertiary/aromatic N) is 5. The molecule has 0 saturated carbocycles. The maximum Gasteiger partial charge on any atom is 0.278 e. The first kappa shape index (κ1) is 11.5. The van der Waals surface area contributed by atoms with Crippen LogP contribution in [-0.4, -0.2) is 31.2 Å². The van der Waals surface area contributed by atoms with Gasteiger partial charge in [-0.15, -0.1) is 0 Å². The summed E-state index contributed by atoms with van der Waals surface area (Å²) < 4.78 is 7.06. The van der Waals surface area contributed by atoms with E-state index < -0.39 is 0 Å². The topological polar surface area (TPSA) is 95.7 Å². The normalized spacial score (nSPS) is 10.8. The molecule has 3 heterocycles. The van der Waals surface area contributed by atoms with E-state index in [4.69, 9.17) is 10.3 Å². The Morgan fingerprint density at radius 2 is 2.16 bits per heavy atom. The molecule has 0 radical (unpaired) electrons. The van der Waals surface area contributed by atoms with Crippen LogP contribution in [0.15, 0.2) is 41.4 Å². The maximum atomic E-state index is 5.48. The molecule has 0 spiro atoms. The van der Waals surface area contributed by atoms with Crippen LogP contribution in [0, 0.1) is 0 Å². The van der Waals surface area contributed by atoms with Crippen molar-refractivity contribution in [3.05, 3.63) is 36.9 Å². The molecular formula is C12H12N6O. The number of pyridine rings is 1. The standard InChI is InChI=1S/C12H12N6O/c13-4-6-18-7-10(15-8-18)12-16-11(17-19-12)9-3-1-2-5-14-9/h1-3,5,7-8H,4,6,13H2. The van der Waals surface area contributed by atoms with Crippen molar-refractivity contribution in [3.63, 3.8) is 0 Å². The lowest BCUT2D eigenvalue weighted by Gasteiger charge is -1.94. The average Bonchev–Trinajstić information content (AvgIpc) is 3.08. The molecule has 0 amide bonds. The van der Waals surface area contributed by atoms with Crippen LogP contribution in [-0.2, 0) is 6.54 Å². The number of hydrogen-bond donors (Lipinski definition) is 1. The van der Waals surface area contributed by atoms with Gasteiger partial charge in [-0.2, -0.15) is 4.98 Å². The minimum atomic E-state index is 0.372. The third kappa shape index (κ3) is 2.36. The van der Waals surface area contributed by atoms with Crippen LogP contribution >= 0.6 is 0 Å². The monoisotopic (exact) mass is 256 g/mol. The SMILES string of the molecule is NCCn1cnc(-c2nc(-c3ccccn3)no2)c1. The fourth-order valence-electron chi connectivity index (χ4n) is 1.67. The lowest BCUT2D eigenvalue weighted by Crippen LogP contribution is -2.07. The molecule has 0 atom stereocenters. The first-order valence-electron chi connectivity index (χ1n) is 5.84. The van der Waals surface area contributed by atoms with Crippen molar-refractivity contribution in [2.45, 2.75) is 6.54 Å². The van der Waals surface area contributed by atoms with Gasteiger partial charge in [0, 0.05) is 25.5 Å². The Labute approximate surface area is 109 Å². The second-order valence-electron chi connectivity index (χ2n) is 3.92. The highest BCUT2D eigenvalue weighted by atomic mass is 16.5. The highest BCUT2D eigenvalue weighted by Crippen LogP contribution is 2.18. The van der Waals surface area contributed by atoms with Gasteiger partial charge >= 0.3 is 0 Å². The third-order valence-electron chi connectivity index (χ3n) is 2.56. The van der Waals surface area contributed by atoms with Crippen LogP contribution in [0.3, 0.4) is 0 Å². The van der Waals surface area contributed by atoms with Crippen molar-refractivity contribution in [2.24, 2.45) is 5.73 Å². The van der Waals surface area contributed by atoms with Gasteiger partial charge in [0.05, 0.1) is 6.33 Å². The molecule has 2 N–H and O–H groups in total. The van der Waals surface area contributed by atoms with Crippen LogP contribution < -0.4 is 5.73 Å². The van der Waals surface area contributed by atoms with Gasteiger partial charge in [-0.05, 0) is 12.1 Å². The van der Waals surface area contributed by atoms with Gasteiger partial charge in [-0.25, -0.2) is 4.98 Å². The van der Waals surface area contributed by atoms with Crippen molar-refractivity contribution in [1.82, 2.24) is 24.7 Å². The summed E-state index contributed by atoms with van der Waals surface area (Å²) >= 11 is 0. The Kier molecular flexibility index (Phi) is 3.03. The first-order chi connectivity index (χ1) is 9.36. The molecule has 0 bridgehead atoms. The van der Waals surface area contributed by atoms with Gasteiger partial charge in [-0.3, -0.25) is 4.98 Å². The summed E-state index contributed by atoms with van der Waals surface area (Å²) in [5.74, 6) is 0.820. The van der Waals surface area contributed by atoms with E-state index >= 15 is 0 Å². The molecule has 3 rings (SSSR count). The number of aromatic nitrogens is 5. The summed E-state index contributed by atoms with van der Waals surface area (Å²) in [4.78, 5) is 12.6. The Morgan fingerprint density at radius 1 is 1.21 bits per heavy atom. The van der Waals surface area contributed by atoms with Crippen LogP contribution in [0.5, 0.6) is 0 Å². The lowest BCUT2D eigenvalue weighted by molar-refractivity contribution is 0.431. The largest absolute Gasteiger partial charge is 0.335 e. The Balaban J connectivity index is 1.88. The predicted octanol–water partition coefficient (Wildman–Crippen LogP) is 0.954. The van der Waals surface area contributed by atoms with Crippen LogP contribution in [0.4, 0.5) is 0 Å². The van der Waals surface area contributed by atoms with Crippen LogP contribution in [0.25, 0.3) is 23.1 Å². The smallest absolute Gasteiger partial charge is 0.278 e. The lowest BCUT2D eigenvalue weighted by atomic mass is 10.3. The summed E-state index contributed by atoms with van der Waals surface area (Å²) in [6.07, 6.45) is 5.19. The van der Waals surface area contributed by atoms with E-state index in [9.17, 15) is 0 Å². The van der Waals surface area contributed by atoms with Crippen molar-refractivity contribution in [3.8, 4) is 23.1 Å². The number of hydrogen-bond acceptors (Lipinski definition) is 6. The quantitative estimate of drug-likeness (QED) is 0.746. The predicted molar refractivity (Wildman–Crippen MR) is 67.8 cm³/mol. The first-order valence-corrected chi connectivity index (χ1v) is 5.84. The van der Waals surface area contributed by atoms with Gasteiger partial charge in [0.25, 0.3) is 5.89 Å². The second-order valence-corrected chi connectivity index (χ2v) is 3.92. The van der Waals surface area contributed by atoms with E-state index in [0.717, 1.165) is 0 Å². The molecule has 3 aromatic rings. The molecule has 0 saturated heterocycles. The summed E-state index contributed by atoms with van der Waals surface area (Å²) in [5.41, 5.74) is 6.77. The van der Waals surface area contributed by atoms with Crippen molar-refractivity contribution in [1.29, 1.82) is 0 Å². The summed E-state index contributed by atoms with van der Waals surface area (Å²) in [6.45, 7) is 1.26. The fourth-order valence-corrected chi connectivity index (χ4v) is 1.67. The Bertz CT molecular complexity index is 660. The minimum absolute atomic E-state index is 0.372. The highest BCUT2D eigenvalue weighted by Gasteiger charge is 2.13. The maximum absolute atomic E-state index is 5.48. The molecule has 0 aromatic carbocycles. The molecule has 0 aliphatic heterocycles. The van der Waals surface area contributed by atoms with Gasteiger partial charge in [0.1, 0.15) is 11.4 Å².